The van der Waals surface area contributed by atoms with E-state index in [1.54, 1.807) is 0 Å². The Morgan fingerprint density at radius 3 is 2.94 bits per heavy atom. The Bertz CT molecular complexity index is 330. The van der Waals surface area contributed by atoms with Crippen LogP contribution in [0.1, 0.15) is 19.4 Å². The first-order valence-corrected chi connectivity index (χ1v) is 7.45. The molecule has 17 heavy (non-hydrogen) atoms. The second kappa shape index (κ2) is 7.56. The second-order valence-corrected chi connectivity index (χ2v) is 5.13. The topological polar surface area (TPSA) is 28.2 Å². The number of anilines is 1. The van der Waals surface area contributed by atoms with Gasteiger partial charge in [-0.15, -0.1) is 0 Å². The van der Waals surface area contributed by atoms with E-state index in [2.05, 4.69) is 54.5 Å². The Morgan fingerprint density at radius 1 is 1.53 bits per heavy atom. The second-order valence-electron chi connectivity index (χ2n) is 4.22. The Hall–Kier alpha value is -0.740. The van der Waals surface area contributed by atoms with Crippen LogP contribution in [0.25, 0.3) is 0 Å². The predicted molar refractivity (Wildman–Crippen MR) is 77.9 cm³/mol. The van der Waals surface area contributed by atoms with Gasteiger partial charge in [-0.05, 0) is 37.4 Å². The molecule has 0 saturated carbocycles. The Labute approximate surface area is 109 Å². The van der Waals surface area contributed by atoms with Crippen molar-refractivity contribution in [3.8, 4) is 0 Å². The van der Waals surface area contributed by atoms with Gasteiger partial charge in [0, 0.05) is 31.6 Å². The zero-order valence-corrected chi connectivity index (χ0v) is 12.0. The lowest BCUT2D eigenvalue weighted by Gasteiger charge is -2.25. The molecule has 3 nitrogen and oxygen atoms in total. The van der Waals surface area contributed by atoms with Crippen LogP contribution in [0.2, 0.25) is 0 Å². The van der Waals surface area contributed by atoms with Gasteiger partial charge in [0.05, 0.1) is 0 Å². The van der Waals surface area contributed by atoms with E-state index in [-0.39, 0.29) is 0 Å². The molecular weight excluding hydrogens is 230 g/mol. The summed E-state index contributed by atoms with van der Waals surface area (Å²) >= 11 is 1.87. The van der Waals surface area contributed by atoms with Crippen LogP contribution in [0.15, 0.2) is 18.3 Å². The molecule has 0 aliphatic rings. The summed E-state index contributed by atoms with van der Waals surface area (Å²) in [5.74, 6) is 2.18. The molecule has 1 atom stereocenters. The first-order chi connectivity index (χ1) is 8.19. The van der Waals surface area contributed by atoms with Crippen molar-refractivity contribution >= 4 is 17.6 Å². The number of aromatic nitrogens is 1. The van der Waals surface area contributed by atoms with Crippen molar-refractivity contribution in [2.24, 2.45) is 0 Å². The zero-order chi connectivity index (χ0) is 12.7. The molecule has 1 N–H and O–H groups in total. The molecule has 1 aromatic rings. The van der Waals surface area contributed by atoms with Gasteiger partial charge in [0.2, 0.25) is 0 Å². The molecule has 1 heterocycles. The maximum absolute atomic E-state index is 4.44. The van der Waals surface area contributed by atoms with Crippen LogP contribution >= 0.6 is 11.8 Å². The maximum Gasteiger partial charge on any atom is 0.128 e. The Morgan fingerprint density at radius 2 is 2.29 bits per heavy atom. The summed E-state index contributed by atoms with van der Waals surface area (Å²) in [5, 5.41) is 3.33. The van der Waals surface area contributed by atoms with Crippen LogP contribution in [-0.2, 0) is 6.54 Å². The summed E-state index contributed by atoms with van der Waals surface area (Å²) < 4.78 is 0. The molecule has 1 unspecified atom stereocenters. The highest BCUT2D eigenvalue weighted by molar-refractivity contribution is 7.98. The summed E-state index contributed by atoms with van der Waals surface area (Å²) in [4.78, 5) is 6.68. The third kappa shape index (κ3) is 4.56. The van der Waals surface area contributed by atoms with E-state index >= 15 is 0 Å². The maximum atomic E-state index is 4.44. The Kier molecular flexibility index (Phi) is 6.37. The molecule has 0 aliphatic heterocycles. The molecule has 0 fully saturated rings. The van der Waals surface area contributed by atoms with Gasteiger partial charge in [0.25, 0.3) is 0 Å². The van der Waals surface area contributed by atoms with Crippen LogP contribution in [0, 0.1) is 0 Å². The van der Waals surface area contributed by atoms with E-state index in [0.29, 0.717) is 6.04 Å². The minimum absolute atomic E-state index is 0.506. The van der Waals surface area contributed by atoms with Crippen LogP contribution in [0.3, 0.4) is 0 Å². The molecule has 4 heteroatoms. The van der Waals surface area contributed by atoms with Gasteiger partial charge < -0.3 is 10.2 Å². The summed E-state index contributed by atoms with van der Waals surface area (Å²) in [6, 6.07) is 4.74. The van der Waals surface area contributed by atoms with E-state index < -0.39 is 0 Å². The molecule has 1 rings (SSSR count). The number of thioether (sulfide) groups is 1. The van der Waals surface area contributed by atoms with Gasteiger partial charge in [0.15, 0.2) is 0 Å². The van der Waals surface area contributed by atoms with Crippen molar-refractivity contribution in [1.29, 1.82) is 0 Å². The largest absolute Gasteiger partial charge is 0.356 e. The third-order valence-corrected chi connectivity index (χ3v) is 3.64. The summed E-state index contributed by atoms with van der Waals surface area (Å²) in [6.45, 7) is 6.26. The summed E-state index contributed by atoms with van der Waals surface area (Å²) in [6.07, 6.45) is 4.03. The normalized spacial score (nSPS) is 12.5. The number of hydrogen-bond acceptors (Lipinski definition) is 4. The minimum Gasteiger partial charge on any atom is -0.356 e. The number of rotatable bonds is 7. The smallest absolute Gasteiger partial charge is 0.128 e. The molecule has 0 saturated heterocycles. The lowest BCUT2D eigenvalue weighted by atomic mass is 10.2. The number of nitrogens with zero attached hydrogens (tertiary/aromatic N) is 2. The highest BCUT2D eigenvalue weighted by atomic mass is 32.2. The molecule has 0 radical (unpaired) electrons. The van der Waals surface area contributed by atoms with Crippen LogP contribution in [0.4, 0.5) is 5.82 Å². The van der Waals surface area contributed by atoms with Gasteiger partial charge in [-0.1, -0.05) is 6.92 Å². The summed E-state index contributed by atoms with van der Waals surface area (Å²) in [5.41, 5.74) is 1.29. The lowest BCUT2D eigenvalue weighted by molar-refractivity contribution is 0.720. The van der Waals surface area contributed by atoms with Crippen molar-refractivity contribution in [2.75, 3.05) is 30.5 Å². The molecule has 1 aromatic heterocycles. The number of nitrogens with one attached hydrogen (secondary N) is 1. The van der Waals surface area contributed by atoms with Crippen molar-refractivity contribution < 1.29 is 0 Å². The third-order valence-electron chi connectivity index (χ3n) is 2.82. The van der Waals surface area contributed by atoms with E-state index in [1.165, 1.54) is 5.56 Å². The van der Waals surface area contributed by atoms with Crippen molar-refractivity contribution in [3.63, 3.8) is 0 Å². The van der Waals surface area contributed by atoms with Crippen LogP contribution in [-0.4, -0.2) is 36.6 Å². The SMILES string of the molecule is CCNCc1ccnc(N(C)C(C)CSC)c1. The average Bonchev–Trinajstić information content (AvgIpc) is 2.36. The fourth-order valence-electron chi connectivity index (χ4n) is 1.61. The van der Waals surface area contributed by atoms with Gasteiger partial charge in [-0.25, -0.2) is 4.98 Å². The van der Waals surface area contributed by atoms with Crippen molar-refractivity contribution in [2.45, 2.75) is 26.4 Å². The first-order valence-electron chi connectivity index (χ1n) is 6.06. The molecule has 96 valence electrons. The number of hydrogen-bond donors (Lipinski definition) is 1. The molecule has 0 bridgehead atoms. The summed E-state index contributed by atoms with van der Waals surface area (Å²) in [7, 11) is 2.11. The Balaban J connectivity index is 2.69. The van der Waals surface area contributed by atoms with E-state index in [9.17, 15) is 0 Å². The fourth-order valence-corrected chi connectivity index (χ4v) is 2.32. The average molecular weight is 253 g/mol. The van der Waals surface area contributed by atoms with Gasteiger partial charge >= 0.3 is 0 Å². The molecule has 0 spiro atoms. The quantitative estimate of drug-likeness (QED) is 0.807. The predicted octanol–water partition coefficient (Wildman–Crippen LogP) is 2.38. The molecule has 0 aliphatic carbocycles. The lowest BCUT2D eigenvalue weighted by Crippen LogP contribution is -2.31. The van der Waals surface area contributed by atoms with E-state index in [4.69, 9.17) is 0 Å². The fraction of sp³-hybridized carbons (Fsp3) is 0.615. The monoisotopic (exact) mass is 253 g/mol. The van der Waals surface area contributed by atoms with Crippen LogP contribution < -0.4 is 10.2 Å². The highest BCUT2D eigenvalue weighted by Gasteiger charge is 2.10. The van der Waals surface area contributed by atoms with E-state index in [1.807, 2.05) is 18.0 Å². The molecule has 0 amide bonds. The van der Waals surface area contributed by atoms with Crippen molar-refractivity contribution in [3.05, 3.63) is 23.9 Å². The minimum atomic E-state index is 0.506. The van der Waals surface area contributed by atoms with Crippen molar-refractivity contribution in [1.82, 2.24) is 10.3 Å². The number of pyridine rings is 1. The van der Waals surface area contributed by atoms with Crippen LogP contribution in [0.5, 0.6) is 0 Å². The molecular formula is C13H23N3S. The standard InChI is InChI=1S/C13H23N3S/c1-5-14-9-12-6-7-15-13(8-12)16(3)11(2)10-17-4/h6-8,11,14H,5,9-10H2,1-4H3. The van der Waals surface area contributed by atoms with Gasteiger partial charge in [0.1, 0.15) is 5.82 Å². The van der Waals surface area contributed by atoms with E-state index in [0.717, 1.165) is 24.7 Å². The van der Waals surface area contributed by atoms with Gasteiger partial charge in [-0.3, -0.25) is 0 Å². The zero-order valence-electron chi connectivity index (χ0n) is 11.2. The van der Waals surface area contributed by atoms with Gasteiger partial charge in [-0.2, -0.15) is 11.8 Å². The first kappa shape index (κ1) is 14.3. The highest BCUT2D eigenvalue weighted by Crippen LogP contribution is 2.15. The molecule has 0 aromatic carbocycles.